The van der Waals surface area contributed by atoms with Gasteiger partial charge in [-0.05, 0) is 32.8 Å². The second kappa shape index (κ2) is 7.28. The number of carbonyl (C=O) groups is 1. The third-order valence-corrected chi connectivity index (χ3v) is 3.19. The molecule has 0 radical (unpaired) electrons. The molecule has 1 amide bonds. The molecule has 6 nitrogen and oxygen atoms in total. The quantitative estimate of drug-likeness (QED) is 0.791. The monoisotopic (exact) mass is 317 g/mol. The third-order valence-electron chi connectivity index (χ3n) is 3.19. The summed E-state index contributed by atoms with van der Waals surface area (Å²) in [7, 11) is 0. The average molecular weight is 317 g/mol. The number of H-pyrrole nitrogens is 1. The van der Waals surface area contributed by atoms with Gasteiger partial charge in [0.25, 0.3) is 0 Å². The van der Waals surface area contributed by atoms with Crippen molar-refractivity contribution in [3.8, 4) is 11.3 Å². The van der Waals surface area contributed by atoms with E-state index in [4.69, 9.17) is 4.74 Å². The molecule has 2 rings (SSSR count). The van der Waals surface area contributed by atoms with E-state index < -0.39 is 17.8 Å². The van der Waals surface area contributed by atoms with Crippen LogP contribution < -0.4 is 5.32 Å². The van der Waals surface area contributed by atoms with Crippen LogP contribution in [0.2, 0.25) is 0 Å². The summed E-state index contributed by atoms with van der Waals surface area (Å²) in [5, 5.41) is 13.1. The lowest BCUT2D eigenvalue weighted by Crippen LogP contribution is -2.33. The average Bonchev–Trinajstić information content (AvgIpc) is 2.99. The van der Waals surface area contributed by atoms with Crippen LogP contribution in [0.1, 0.15) is 38.9 Å². The first kappa shape index (κ1) is 17.0. The predicted octanol–water partition coefficient (Wildman–Crippen LogP) is 3.02. The second-order valence-electron chi connectivity index (χ2n) is 6.29. The van der Waals surface area contributed by atoms with Crippen molar-refractivity contribution in [3.63, 3.8) is 0 Å². The van der Waals surface area contributed by atoms with E-state index in [9.17, 15) is 9.90 Å². The fraction of sp³-hybridized carbons (Fsp3) is 0.412. The number of rotatable bonds is 5. The van der Waals surface area contributed by atoms with E-state index in [0.717, 1.165) is 16.8 Å². The molecule has 1 unspecified atom stereocenters. The van der Waals surface area contributed by atoms with Crippen molar-refractivity contribution < 1.29 is 14.6 Å². The molecule has 0 spiro atoms. The van der Waals surface area contributed by atoms with Crippen LogP contribution in [-0.4, -0.2) is 33.3 Å². The van der Waals surface area contributed by atoms with Gasteiger partial charge in [0, 0.05) is 12.1 Å². The number of hydrogen-bond acceptors (Lipinski definition) is 4. The lowest BCUT2D eigenvalue weighted by Gasteiger charge is -2.20. The van der Waals surface area contributed by atoms with Gasteiger partial charge in [0.05, 0.1) is 24.3 Å². The third kappa shape index (κ3) is 5.10. The lowest BCUT2D eigenvalue weighted by atomic mass is 9.98. The number of benzene rings is 1. The first-order valence-electron chi connectivity index (χ1n) is 7.59. The first-order chi connectivity index (χ1) is 10.9. The Hall–Kier alpha value is -2.34. The molecule has 2 aromatic rings. The summed E-state index contributed by atoms with van der Waals surface area (Å²) in [4.78, 5) is 18.6. The summed E-state index contributed by atoms with van der Waals surface area (Å²) in [6, 6.07) is 7.58. The van der Waals surface area contributed by atoms with Crippen molar-refractivity contribution in [2.45, 2.75) is 38.9 Å². The molecule has 23 heavy (non-hydrogen) atoms. The van der Waals surface area contributed by atoms with E-state index >= 15 is 0 Å². The summed E-state index contributed by atoms with van der Waals surface area (Å²) >= 11 is 0. The number of aliphatic hydroxyl groups excluding tert-OH is 1. The molecule has 0 saturated carbocycles. The van der Waals surface area contributed by atoms with Crippen molar-refractivity contribution in [3.05, 3.63) is 42.4 Å². The molecule has 0 fully saturated rings. The van der Waals surface area contributed by atoms with Crippen molar-refractivity contribution in [2.24, 2.45) is 0 Å². The Labute approximate surface area is 135 Å². The van der Waals surface area contributed by atoms with Crippen LogP contribution in [0.4, 0.5) is 4.79 Å². The van der Waals surface area contributed by atoms with Gasteiger partial charge in [-0.15, -0.1) is 0 Å². The Morgan fingerprint density at radius 2 is 2.13 bits per heavy atom. The molecule has 0 aliphatic rings. The Bertz CT molecular complexity index is 633. The van der Waals surface area contributed by atoms with E-state index in [1.165, 1.54) is 0 Å². The van der Waals surface area contributed by atoms with Crippen molar-refractivity contribution in [1.82, 2.24) is 15.3 Å². The molecule has 0 aliphatic heterocycles. The molecular formula is C17H23N3O3. The standard InChI is InChI=1S/C17H23N3O3/c1-17(2,3)23-16(22)19-9-8-15(21)13-7-5-4-6-12(13)14-10-18-11-20-14/h4-7,10-11,15,21H,8-9H2,1-3H3,(H,18,20)(H,19,22). The maximum absolute atomic E-state index is 11.6. The first-order valence-corrected chi connectivity index (χ1v) is 7.59. The minimum atomic E-state index is -0.690. The van der Waals surface area contributed by atoms with Gasteiger partial charge in [-0.25, -0.2) is 9.78 Å². The number of amides is 1. The van der Waals surface area contributed by atoms with Gasteiger partial charge >= 0.3 is 6.09 Å². The number of aliphatic hydroxyl groups is 1. The molecule has 0 bridgehead atoms. The zero-order valence-corrected chi connectivity index (χ0v) is 13.7. The number of nitrogens with zero attached hydrogens (tertiary/aromatic N) is 1. The van der Waals surface area contributed by atoms with Gasteiger partial charge in [0.2, 0.25) is 0 Å². The maximum Gasteiger partial charge on any atom is 0.407 e. The highest BCUT2D eigenvalue weighted by atomic mass is 16.6. The highest BCUT2D eigenvalue weighted by molar-refractivity contribution is 5.67. The minimum absolute atomic E-state index is 0.327. The summed E-state index contributed by atoms with van der Waals surface area (Å²) < 4.78 is 5.16. The molecule has 124 valence electrons. The molecule has 0 aliphatic carbocycles. The van der Waals surface area contributed by atoms with E-state index in [1.807, 2.05) is 45.0 Å². The van der Waals surface area contributed by atoms with Crippen molar-refractivity contribution >= 4 is 6.09 Å². The normalized spacial score (nSPS) is 12.7. The SMILES string of the molecule is CC(C)(C)OC(=O)NCCC(O)c1ccccc1-c1cnc[nH]1. The number of carbonyl (C=O) groups excluding carboxylic acids is 1. The second-order valence-corrected chi connectivity index (χ2v) is 6.29. The lowest BCUT2D eigenvalue weighted by molar-refractivity contribution is 0.0518. The Balaban J connectivity index is 1.94. The number of imidazole rings is 1. The van der Waals surface area contributed by atoms with Crippen LogP contribution in [0.3, 0.4) is 0 Å². The maximum atomic E-state index is 11.6. The van der Waals surface area contributed by atoms with Gasteiger partial charge in [-0.3, -0.25) is 0 Å². The number of nitrogens with one attached hydrogen (secondary N) is 2. The number of aromatic nitrogens is 2. The van der Waals surface area contributed by atoms with Crippen LogP contribution in [-0.2, 0) is 4.74 Å². The van der Waals surface area contributed by atoms with E-state index in [-0.39, 0.29) is 0 Å². The topological polar surface area (TPSA) is 87.2 Å². The van der Waals surface area contributed by atoms with Gasteiger partial charge < -0.3 is 20.1 Å². The van der Waals surface area contributed by atoms with E-state index in [2.05, 4.69) is 15.3 Å². The largest absolute Gasteiger partial charge is 0.444 e. The molecule has 0 saturated heterocycles. The molecule has 6 heteroatoms. The van der Waals surface area contributed by atoms with Crippen LogP contribution in [0.15, 0.2) is 36.8 Å². The Morgan fingerprint density at radius 1 is 1.39 bits per heavy atom. The zero-order valence-electron chi connectivity index (χ0n) is 13.7. The van der Waals surface area contributed by atoms with Gasteiger partial charge in [-0.1, -0.05) is 24.3 Å². The number of hydrogen-bond donors (Lipinski definition) is 3. The molecule has 1 atom stereocenters. The smallest absolute Gasteiger partial charge is 0.407 e. The summed E-state index contributed by atoms with van der Waals surface area (Å²) in [6.07, 6.45) is 2.54. The minimum Gasteiger partial charge on any atom is -0.444 e. The van der Waals surface area contributed by atoms with Gasteiger partial charge in [-0.2, -0.15) is 0 Å². The predicted molar refractivity (Wildman–Crippen MR) is 87.8 cm³/mol. The van der Waals surface area contributed by atoms with Crippen LogP contribution in [0.5, 0.6) is 0 Å². The summed E-state index contributed by atoms with van der Waals surface area (Å²) in [5.74, 6) is 0. The molecule has 1 heterocycles. The van der Waals surface area contributed by atoms with Crippen LogP contribution >= 0.6 is 0 Å². The van der Waals surface area contributed by atoms with Gasteiger partial charge in [0.15, 0.2) is 0 Å². The fourth-order valence-corrected chi connectivity index (χ4v) is 2.22. The van der Waals surface area contributed by atoms with Crippen molar-refractivity contribution in [1.29, 1.82) is 0 Å². The summed E-state index contributed by atoms with van der Waals surface area (Å²) in [5.41, 5.74) is 2.01. The number of ether oxygens (including phenoxy) is 1. The van der Waals surface area contributed by atoms with Crippen LogP contribution in [0, 0.1) is 0 Å². The zero-order chi connectivity index (χ0) is 16.9. The summed E-state index contributed by atoms with van der Waals surface area (Å²) in [6.45, 7) is 5.75. The molecule has 3 N–H and O–H groups in total. The van der Waals surface area contributed by atoms with E-state index in [0.29, 0.717) is 13.0 Å². The molecular weight excluding hydrogens is 294 g/mol. The number of aromatic amines is 1. The fourth-order valence-electron chi connectivity index (χ4n) is 2.22. The Kier molecular flexibility index (Phi) is 5.39. The number of alkyl carbamates (subject to hydrolysis) is 1. The highest BCUT2D eigenvalue weighted by Crippen LogP contribution is 2.28. The highest BCUT2D eigenvalue weighted by Gasteiger charge is 2.17. The van der Waals surface area contributed by atoms with Gasteiger partial charge in [0.1, 0.15) is 5.60 Å². The molecule has 1 aromatic heterocycles. The molecule has 1 aromatic carbocycles. The van der Waals surface area contributed by atoms with E-state index in [1.54, 1.807) is 12.5 Å². The van der Waals surface area contributed by atoms with Crippen molar-refractivity contribution in [2.75, 3.05) is 6.54 Å². The Morgan fingerprint density at radius 3 is 2.78 bits per heavy atom. The van der Waals surface area contributed by atoms with Crippen LogP contribution in [0.25, 0.3) is 11.3 Å².